The van der Waals surface area contributed by atoms with Crippen LogP contribution in [0.4, 0.5) is 19.0 Å². The molecule has 1 amide bonds. The van der Waals surface area contributed by atoms with Crippen LogP contribution in [0, 0.1) is 5.92 Å². The third-order valence-corrected chi connectivity index (χ3v) is 4.38. The van der Waals surface area contributed by atoms with E-state index in [0.717, 1.165) is 44.5 Å². The molecule has 1 saturated carbocycles. The van der Waals surface area contributed by atoms with Crippen LogP contribution in [-0.4, -0.2) is 34.9 Å². The first-order chi connectivity index (χ1) is 9.97. The molecule has 1 aromatic heterocycles. The van der Waals surface area contributed by atoms with E-state index in [1.54, 1.807) is 4.90 Å². The zero-order valence-electron chi connectivity index (χ0n) is 11.3. The molecule has 2 saturated heterocycles. The van der Waals surface area contributed by atoms with E-state index in [9.17, 15) is 18.0 Å². The third-order valence-electron chi connectivity index (χ3n) is 4.38. The molecule has 7 heteroatoms. The lowest BCUT2D eigenvalue weighted by Gasteiger charge is -2.48. The smallest absolute Gasteiger partial charge is 0.365 e. The number of carbonyl (C=O) groups is 1. The minimum atomic E-state index is -4.37. The van der Waals surface area contributed by atoms with E-state index >= 15 is 0 Å². The highest BCUT2D eigenvalue weighted by Gasteiger charge is 2.40. The highest BCUT2D eigenvalue weighted by molar-refractivity contribution is 5.50. The standard InChI is InChI=1S/C14H16F3N3O/c15-14(16,17)10-2-4-13(18-6-10)19-11-5-9-1-3-12(11)20(7-9)8-21/h2,4,6,8-9,11-12H,1,3,5,7H2,(H,18,19)/t9-,11-,12+/m1/s1. The van der Waals surface area contributed by atoms with E-state index < -0.39 is 11.7 Å². The first-order valence-corrected chi connectivity index (χ1v) is 6.98. The first kappa shape index (κ1) is 14.2. The quantitative estimate of drug-likeness (QED) is 0.872. The van der Waals surface area contributed by atoms with Gasteiger partial charge in [0.05, 0.1) is 11.6 Å². The Labute approximate surface area is 120 Å². The SMILES string of the molecule is O=CN1C[C@@H]2CC[C@H]1[C@H](Nc1ccc(C(F)(F)F)cn1)C2. The Hall–Kier alpha value is -1.79. The maximum Gasteiger partial charge on any atom is 0.417 e. The van der Waals surface area contributed by atoms with Crippen molar-refractivity contribution in [3.05, 3.63) is 23.9 Å². The lowest BCUT2D eigenvalue weighted by atomic mass is 9.77. The maximum absolute atomic E-state index is 12.5. The lowest BCUT2D eigenvalue weighted by Crippen LogP contribution is -2.57. The van der Waals surface area contributed by atoms with Gasteiger partial charge in [-0.15, -0.1) is 0 Å². The number of nitrogens with zero attached hydrogens (tertiary/aromatic N) is 2. The normalized spacial score (nSPS) is 28.5. The van der Waals surface area contributed by atoms with Crippen LogP contribution in [-0.2, 0) is 11.0 Å². The number of halogens is 3. The van der Waals surface area contributed by atoms with Crippen molar-refractivity contribution < 1.29 is 18.0 Å². The van der Waals surface area contributed by atoms with Crippen molar-refractivity contribution in [2.75, 3.05) is 11.9 Å². The Kier molecular flexibility index (Phi) is 3.51. The van der Waals surface area contributed by atoms with Crippen molar-refractivity contribution >= 4 is 12.2 Å². The van der Waals surface area contributed by atoms with Gasteiger partial charge in [0.15, 0.2) is 0 Å². The van der Waals surface area contributed by atoms with E-state index in [1.165, 1.54) is 6.07 Å². The van der Waals surface area contributed by atoms with E-state index in [4.69, 9.17) is 0 Å². The number of piperidine rings is 2. The van der Waals surface area contributed by atoms with Gasteiger partial charge in [-0.05, 0) is 37.3 Å². The highest BCUT2D eigenvalue weighted by Crippen LogP contribution is 2.36. The summed E-state index contributed by atoms with van der Waals surface area (Å²) in [6.07, 6.45) is 0.294. The number of hydrogen-bond donors (Lipinski definition) is 1. The Morgan fingerprint density at radius 2 is 2.14 bits per heavy atom. The van der Waals surface area contributed by atoms with Crippen LogP contribution in [0.1, 0.15) is 24.8 Å². The second-order valence-corrected chi connectivity index (χ2v) is 5.73. The van der Waals surface area contributed by atoms with Gasteiger partial charge in [-0.25, -0.2) is 4.98 Å². The molecule has 0 unspecified atom stereocenters. The van der Waals surface area contributed by atoms with Crippen LogP contribution in [0.2, 0.25) is 0 Å². The summed E-state index contributed by atoms with van der Waals surface area (Å²) in [6, 6.07) is 2.54. The van der Waals surface area contributed by atoms with Crippen LogP contribution in [0.25, 0.3) is 0 Å². The van der Waals surface area contributed by atoms with Gasteiger partial charge in [-0.3, -0.25) is 4.79 Å². The summed E-state index contributed by atoms with van der Waals surface area (Å²) in [5.41, 5.74) is -0.757. The summed E-state index contributed by atoms with van der Waals surface area (Å²) in [5, 5.41) is 3.18. The Morgan fingerprint density at radius 1 is 1.33 bits per heavy atom. The molecule has 3 fully saturated rings. The fourth-order valence-electron chi connectivity index (χ4n) is 3.35. The number of carbonyl (C=O) groups excluding carboxylic acids is 1. The number of rotatable bonds is 3. The average Bonchev–Trinajstić information content (AvgIpc) is 2.47. The molecule has 1 aliphatic carbocycles. The minimum Gasteiger partial charge on any atom is -0.365 e. The average molecular weight is 299 g/mol. The van der Waals surface area contributed by atoms with Gasteiger partial charge in [0.2, 0.25) is 6.41 Å². The number of hydrogen-bond acceptors (Lipinski definition) is 3. The predicted octanol–water partition coefficient (Wildman–Crippen LogP) is 2.52. The zero-order chi connectivity index (χ0) is 15.0. The van der Waals surface area contributed by atoms with Crippen LogP contribution in [0.3, 0.4) is 0 Å². The Bertz CT molecular complexity index is 517. The summed E-state index contributed by atoms with van der Waals surface area (Å²) in [6.45, 7) is 0.785. The molecule has 3 atom stereocenters. The molecule has 21 heavy (non-hydrogen) atoms. The van der Waals surface area contributed by atoms with Gasteiger partial charge in [-0.2, -0.15) is 13.2 Å². The molecular formula is C14H16F3N3O. The molecule has 2 aliphatic heterocycles. The number of anilines is 1. The van der Waals surface area contributed by atoms with E-state index in [0.29, 0.717) is 11.7 Å². The summed E-state index contributed by atoms with van der Waals surface area (Å²) in [4.78, 5) is 16.7. The number of nitrogens with one attached hydrogen (secondary N) is 1. The summed E-state index contributed by atoms with van der Waals surface area (Å²) in [7, 11) is 0. The molecule has 3 heterocycles. The van der Waals surface area contributed by atoms with Gasteiger partial charge < -0.3 is 10.2 Å². The molecule has 2 bridgehead atoms. The van der Waals surface area contributed by atoms with Crippen LogP contribution < -0.4 is 5.32 Å². The van der Waals surface area contributed by atoms with E-state index in [1.807, 2.05) is 0 Å². The van der Waals surface area contributed by atoms with E-state index in [-0.39, 0.29) is 12.1 Å². The van der Waals surface area contributed by atoms with Crippen molar-refractivity contribution in [3.63, 3.8) is 0 Å². The van der Waals surface area contributed by atoms with Gasteiger partial charge in [0, 0.05) is 18.8 Å². The van der Waals surface area contributed by atoms with Gasteiger partial charge in [-0.1, -0.05) is 0 Å². The molecule has 3 aliphatic rings. The monoisotopic (exact) mass is 299 g/mol. The van der Waals surface area contributed by atoms with Gasteiger partial charge in [0.25, 0.3) is 0 Å². The van der Waals surface area contributed by atoms with Crippen molar-refractivity contribution in [2.45, 2.75) is 37.5 Å². The largest absolute Gasteiger partial charge is 0.417 e. The second kappa shape index (κ2) is 5.20. The maximum atomic E-state index is 12.5. The number of amides is 1. The fraction of sp³-hybridized carbons (Fsp3) is 0.571. The molecule has 1 N–H and O–H groups in total. The van der Waals surface area contributed by atoms with Gasteiger partial charge in [0.1, 0.15) is 5.82 Å². The number of aromatic nitrogens is 1. The number of pyridine rings is 1. The summed E-state index contributed by atoms with van der Waals surface area (Å²) < 4.78 is 37.5. The molecule has 0 radical (unpaired) electrons. The highest BCUT2D eigenvalue weighted by atomic mass is 19.4. The van der Waals surface area contributed by atoms with Gasteiger partial charge >= 0.3 is 6.18 Å². The molecular weight excluding hydrogens is 283 g/mol. The predicted molar refractivity (Wildman–Crippen MR) is 70.5 cm³/mol. The topological polar surface area (TPSA) is 45.2 Å². The minimum absolute atomic E-state index is 0.0620. The number of fused-ring (bicyclic) bond motifs is 3. The molecule has 0 spiro atoms. The van der Waals surface area contributed by atoms with E-state index in [2.05, 4.69) is 10.3 Å². The van der Waals surface area contributed by atoms with Crippen molar-refractivity contribution in [2.24, 2.45) is 5.92 Å². The van der Waals surface area contributed by atoms with Crippen molar-refractivity contribution in [1.29, 1.82) is 0 Å². The second-order valence-electron chi connectivity index (χ2n) is 5.73. The molecule has 4 nitrogen and oxygen atoms in total. The molecule has 0 aromatic carbocycles. The Balaban J connectivity index is 1.70. The fourth-order valence-corrected chi connectivity index (χ4v) is 3.35. The van der Waals surface area contributed by atoms with Crippen LogP contribution in [0.15, 0.2) is 18.3 Å². The van der Waals surface area contributed by atoms with Crippen LogP contribution >= 0.6 is 0 Å². The Morgan fingerprint density at radius 3 is 2.71 bits per heavy atom. The van der Waals surface area contributed by atoms with Crippen LogP contribution in [0.5, 0.6) is 0 Å². The van der Waals surface area contributed by atoms with Crippen molar-refractivity contribution in [3.8, 4) is 0 Å². The molecule has 1 aromatic rings. The summed E-state index contributed by atoms with van der Waals surface area (Å²) in [5.74, 6) is 0.888. The molecule has 114 valence electrons. The molecule has 4 rings (SSSR count). The zero-order valence-corrected chi connectivity index (χ0v) is 11.3. The first-order valence-electron chi connectivity index (χ1n) is 6.98. The number of alkyl halides is 3. The van der Waals surface area contributed by atoms with Crippen molar-refractivity contribution in [1.82, 2.24) is 9.88 Å². The third kappa shape index (κ3) is 2.82. The lowest BCUT2D eigenvalue weighted by molar-refractivity contribution is -0.137. The summed E-state index contributed by atoms with van der Waals surface area (Å²) >= 11 is 0.